The Morgan fingerprint density at radius 1 is 1.47 bits per heavy atom. The van der Waals surface area contributed by atoms with Crippen molar-refractivity contribution < 1.29 is 9.47 Å². The fourth-order valence-corrected chi connectivity index (χ4v) is 1.90. The summed E-state index contributed by atoms with van der Waals surface area (Å²) in [5, 5.41) is 3.43. The molecule has 1 heterocycles. The fourth-order valence-electron chi connectivity index (χ4n) is 1.90. The Bertz CT molecular complexity index is 332. The van der Waals surface area contributed by atoms with Gasteiger partial charge in [0.1, 0.15) is 5.75 Å². The Morgan fingerprint density at radius 3 is 2.93 bits per heavy atom. The molecule has 1 aliphatic heterocycles. The molecule has 0 unspecified atom stereocenters. The number of aryl methyl sites for hydroxylation is 1. The molecule has 3 nitrogen and oxygen atoms in total. The third kappa shape index (κ3) is 2.30. The van der Waals surface area contributed by atoms with Crippen LogP contribution in [0.2, 0.25) is 0 Å². The molecular formula is C12H17NO2. The summed E-state index contributed by atoms with van der Waals surface area (Å²) in [6.07, 6.45) is 0. The smallest absolute Gasteiger partial charge is 0.121 e. The highest BCUT2D eigenvalue weighted by atomic mass is 16.5. The van der Waals surface area contributed by atoms with Gasteiger partial charge in [-0.3, -0.25) is 0 Å². The van der Waals surface area contributed by atoms with E-state index in [1.807, 2.05) is 6.07 Å². The van der Waals surface area contributed by atoms with E-state index in [4.69, 9.17) is 9.47 Å². The van der Waals surface area contributed by atoms with Crippen molar-refractivity contribution in [3.05, 3.63) is 29.3 Å². The average Bonchev–Trinajstić information content (AvgIpc) is 2.30. The third-order valence-corrected chi connectivity index (χ3v) is 2.74. The van der Waals surface area contributed by atoms with Gasteiger partial charge in [-0.2, -0.15) is 0 Å². The lowest BCUT2D eigenvalue weighted by Crippen LogP contribution is -2.34. The van der Waals surface area contributed by atoms with Crippen LogP contribution in [0.15, 0.2) is 18.2 Å². The third-order valence-electron chi connectivity index (χ3n) is 2.74. The number of rotatable bonds is 2. The molecule has 0 bridgehead atoms. The van der Waals surface area contributed by atoms with Crippen LogP contribution in [0.4, 0.5) is 0 Å². The van der Waals surface area contributed by atoms with Gasteiger partial charge in [-0.25, -0.2) is 0 Å². The number of benzene rings is 1. The van der Waals surface area contributed by atoms with Crippen LogP contribution in [-0.4, -0.2) is 26.9 Å². The van der Waals surface area contributed by atoms with E-state index in [1.165, 1.54) is 11.1 Å². The van der Waals surface area contributed by atoms with Crippen LogP contribution in [0.5, 0.6) is 5.75 Å². The largest absolute Gasteiger partial charge is 0.496 e. The molecule has 1 N–H and O–H groups in total. The zero-order valence-electron chi connectivity index (χ0n) is 9.25. The standard InChI is InChI=1S/C12H17NO2/c1-9-7-10(3-4-12(9)14-2)11-8-15-6-5-13-11/h3-4,7,11,13H,5-6,8H2,1-2H3/t11-/m1/s1. The molecule has 0 spiro atoms. The number of hydrogen-bond acceptors (Lipinski definition) is 3. The number of methoxy groups -OCH3 is 1. The van der Waals surface area contributed by atoms with Crippen molar-refractivity contribution in [2.24, 2.45) is 0 Å². The minimum Gasteiger partial charge on any atom is -0.496 e. The van der Waals surface area contributed by atoms with Crippen LogP contribution in [0.3, 0.4) is 0 Å². The van der Waals surface area contributed by atoms with Crippen LogP contribution in [0.1, 0.15) is 17.2 Å². The summed E-state index contributed by atoms with van der Waals surface area (Å²) in [7, 11) is 1.70. The number of morpholine rings is 1. The van der Waals surface area contributed by atoms with Crippen LogP contribution < -0.4 is 10.1 Å². The van der Waals surface area contributed by atoms with Crippen molar-refractivity contribution in [3.63, 3.8) is 0 Å². The zero-order valence-corrected chi connectivity index (χ0v) is 9.25. The van der Waals surface area contributed by atoms with Crippen molar-refractivity contribution in [2.45, 2.75) is 13.0 Å². The highest BCUT2D eigenvalue weighted by Gasteiger charge is 2.15. The number of hydrogen-bond donors (Lipinski definition) is 1. The van der Waals surface area contributed by atoms with Crippen molar-refractivity contribution in [1.82, 2.24) is 5.32 Å². The number of nitrogens with one attached hydrogen (secondary N) is 1. The summed E-state index contributed by atoms with van der Waals surface area (Å²) in [6.45, 7) is 4.55. The molecule has 0 aliphatic carbocycles. The van der Waals surface area contributed by atoms with E-state index in [1.54, 1.807) is 7.11 Å². The second kappa shape index (κ2) is 4.64. The Kier molecular flexibility index (Phi) is 3.23. The molecule has 1 aromatic carbocycles. The molecule has 15 heavy (non-hydrogen) atoms. The Balaban J connectivity index is 2.17. The fraction of sp³-hybridized carbons (Fsp3) is 0.500. The minimum absolute atomic E-state index is 0.323. The number of ether oxygens (including phenoxy) is 2. The van der Waals surface area contributed by atoms with Gasteiger partial charge in [-0.1, -0.05) is 12.1 Å². The van der Waals surface area contributed by atoms with Crippen LogP contribution in [0, 0.1) is 6.92 Å². The van der Waals surface area contributed by atoms with Crippen molar-refractivity contribution in [3.8, 4) is 5.75 Å². The van der Waals surface area contributed by atoms with Gasteiger partial charge in [0.2, 0.25) is 0 Å². The van der Waals surface area contributed by atoms with Crippen LogP contribution in [0.25, 0.3) is 0 Å². The molecule has 1 atom stereocenters. The highest BCUT2D eigenvalue weighted by Crippen LogP contribution is 2.23. The lowest BCUT2D eigenvalue weighted by Gasteiger charge is -2.24. The molecule has 1 fully saturated rings. The molecule has 1 saturated heterocycles. The van der Waals surface area contributed by atoms with E-state index in [0.717, 1.165) is 25.5 Å². The maximum Gasteiger partial charge on any atom is 0.121 e. The van der Waals surface area contributed by atoms with Gasteiger partial charge in [0.25, 0.3) is 0 Å². The topological polar surface area (TPSA) is 30.5 Å². The molecule has 1 aliphatic rings. The zero-order chi connectivity index (χ0) is 10.7. The predicted octanol–water partition coefficient (Wildman–Crippen LogP) is 1.66. The first-order chi connectivity index (χ1) is 7.31. The summed E-state index contributed by atoms with van der Waals surface area (Å²) in [5.74, 6) is 0.940. The van der Waals surface area contributed by atoms with Crippen molar-refractivity contribution in [1.29, 1.82) is 0 Å². The van der Waals surface area contributed by atoms with Gasteiger partial charge >= 0.3 is 0 Å². The first-order valence-corrected chi connectivity index (χ1v) is 5.27. The second-order valence-electron chi connectivity index (χ2n) is 3.81. The van der Waals surface area contributed by atoms with E-state index in [9.17, 15) is 0 Å². The lowest BCUT2D eigenvalue weighted by molar-refractivity contribution is 0.0768. The monoisotopic (exact) mass is 207 g/mol. The van der Waals surface area contributed by atoms with E-state index in [2.05, 4.69) is 24.4 Å². The van der Waals surface area contributed by atoms with Gasteiger partial charge in [0, 0.05) is 6.54 Å². The molecule has 0 aromatic heterocycles. The van der Waals surface area contributed by atoms with Gasteiger partial charge in [-0.15, -0.1) is 0 Å². The Morgan fingerprint density at radius 2 is 2.33 bits per heavy atom. The van der Waals surface area contributed by atoms with E-state index < -0.39 is 0 Å². The highest BCUT2D eigenvalue weighted by molar-refractivity contribution is 5.37. The van der Waals surface area contributed by atoms with Crippen molar-refractivity contribution >= 4 is 0 Å². The molecule has 0 amide bonds. The molecular weight excluding hydrogens is 190 g/mol. The van der Waals surface area contributed by atoms with Gasteiger partial charge in [-0.05, 0) is 24.1 Å². The van der Waals surface area contributed by atoms with Crippen LogP contribution >= 0.6 is 0 Å². The van der Waals surface area contributed by atoms with E-state index in [0.29, 0.717) is 6.04 Å². The Labute approximate surface area is 90.4 Å². The van der Waals surface area contributed by atoms with Gasteiger partial charge in [0.05, 0.1) is 26.4 Å². The normalized spacial score (nSPS) is 21.3. The first-order valence-electron chi connectivity index (χ1n) is 5.27. The molecule has 0 radical (unpaired) electrons. The van der Waals surface area contributed by atoms with Gasteiger partial charge < -0.3 is 14.8 Å². The summed E-state index contributed by atoms with van der Waals surface area (Å²) < 4.78 is 10.7. The Hall–Kier alpha value is -1.06. The maximum atomic E-state index is 5.44. The van der Waals surface area contributed by atoms with E-state index >= 15 is 0 Å². The van der Waals surface area contributed by atoms with Crippen LogP contribution in [-0.2, 0) is 4.74 Å². The maximum absolute atomic E-state index is 5.44. The average molecular weight is 207 g/mol. The van der Waals surface area contributed by atoms with Crippen molar-refractivity contribution in [2.75, 3.05) is 26.9 Å². The predicted molar refractivity (Wildman–Crippen MR) is 59.3 cm³/mol. The SMILES string of the molecule is COc1ccc([C@H]2COCCN2)cc1C. The lowest BCUT2D eigenvalue weighted by atomic mass is 10.0. The molecule has 2 rings (SSSR count). The molecule has 82 valence electrons. The first kappa shape index (κ1) is 10.5. The van der Waals surface area contributed by atoms with Gasteiger partial charge in [0.15, 0.2) is 0 Å². The molecule has 1 aromatic rings. The summed E-state index contributed by atoms with van der Waals surface area (Å²) in [5.41, 5.74) is 2.44. The summed E-state index contributed by atoms with van der Waals surface area (Å²) >= 11 is 0. The molecule has 3 heteroatoms. The summed E-state index contributed by atoms with van der Waals surface area (Å²) in [6, 6.07) is 6.59. The quantitative estimate of drug-likeness (QED) is 0.800. The molecule has 0 saturated carbocycles. The minimum atomic E-state index is 0.323. The van der Waals surface area contributed by atoms with E-state index in [-0.39, 0.29) is 0 Å². The second-order valence-corrected chi connectivity index (χ2v) is 3.81. The summed E-state index contributed by atoms with van der Waals surface area (Å²) in [4.78, 5) is 0.